The maximum atomic E-state index is 2.50. The molecule has 3 atom stereocenters. The first-order chi connectivity index (χ1) is 28.2. The van der Waals surface area contributed by atoms with Crippen LogP contribution >= 0.6 is 0 Å². The number of para-hydroxylation sites is 2. The number of nitrogens with zero attached hydrogens (tertiary/aromatic N) is 2. The summed E-state index contributed by atoms with van der Waals surface area (Å²) in [4.78, 5) is 2.50. The number of aromatic nitrogens is 1. The lowest BCUT2D eigenvalue weighted by atomic mass is 9.72. The molecule has 0 saturated heterocycles. The lowest BCUT2D eigenvalue weighted by molar-refractivity contribution is 0.666. The van der Waals surface area contributed by atoms with Crippen molar-refractivity contribution < 1.29 is 0 Å². The fraction of sp³-hybridized carbons (Fsp3) is 0.0909. The Morgan fingerprint density at radius 1 is 0.579 bits per heavy atom. The van der Waals surface area contributed by atoms with Gasteiger partial charge in [0, 0.05) is 45.2 Å². The highest BCUT2D eigenvalue weighted by molar-refractivity contribution is 6.10. The molecule has 12 rings (SSSR count). The van der Waals surface area contributed by atoms with Crippen molar-refractivity contribution in [1.29, 1.82) is 0 Å². The van der Waals surface area contributed by atoms with E-state index in [1.165, 1.54) is 83.1 Å². The Morgan fingerprint density at radius 3 is 2.33 bits per heavy atom. The van der Waals surface area contributed by atoms with Crippen LogP contribution in [0.4, 0.5) is 17.1 Å². The molecule has 0 amide bonds. The number of rotatable bonds is 5. The van der Waals surface area contributed by atoms with Crippen LogP contribution < -0.4 is 4.90 Å². The molecule has 3 unspecified atom stereocenters. The standard InChI is InChI=1S/C55H40N2/c1-35-13-11-17-37-25-26-41(32-49(35)37)57-52-24-10-8-21-46(52)47-30-28-42(34-53(47)57)56(51-23-9-7-19-43(51)36-14-3-2-4-15-36)40-27-29-45-48-22-12-18-39-31-38-16-5-6-20-44(38)55(54(39)48)50(45)33-40/h2-12,14-35,44,55H,13H2,1H3. The summed E-state index contributed by atoms with van der Waals surface area (Å²) >= 11 is 0. The van der Waals surface area contributed by atoms with Crippen LogP contribution in [-0.4, -0.2) is 4.57 Å². The van der Waals surface area contributed by atoms with Gasteiger partial charge in [-0.15, -0.1) is 0 Å². The van der Waals surface area contributed by atoms with Gasteiger partial charge in [0.15, 0.2) is 0 Å². The maximum absolute atomic E-state index is 2.50. The average molecular weight is 729 g/mol. The van der Waals surface area contributed by atoms with Crippen LogP contribution in [0.1, 0.15) is 53.0 Å². The number of allylic oxidation sites excluding steroid dienone is 6. The molecule has 7 aromatic carbocycles. The minimum atomic E-state index is 0.268. The Hall–Kier alpha value is -6.90. The van der Waals surface area contributed by atoms with E-state index in [0.717, 1.165) is 23.5 Å². The molecule has 0 fully saturated rings. The number of hydrogen-bond acceptors (Lipinski definition) is 1. The Balaban J connectivity index is 1.10. The van der Waals surface area contributed by atoms with Gasteiger partial charge in [-0.1, -0.05) is 153 Å². The van der Waals surface area contributed by atoms with E-state index in [1.807, 2.05) is 0 Å². The summed E-state index contributed by atoms with van der Waals surface area (Å²) in [5.41, 5.74) is 20.5. The zero-order chi connectivity index (χ0) is 37.6. The van der Waals surface area contributed by atoms with Crippen molar-refractivity contribution in [3.8, 4) is 27.9 Å². The van der Waals surface area contributed by atoms with Crippen LogP contribution in [0.2, 0.25) is 0 Å². The zero-order valence-electron chi connectivity index (χ0n) is 31.8. The molecule has 8 aromatic rings. The third-order valence-corrected chi connectivity index (χ3v) is 12.9. The monoisotopic (exact) mass is 728 g/mol. The molecule has 0 saturated carbocycles. The molecule has 0 bridgehead atoms. The van der Waals surface area contributed by atoms with Crippen molar-refractivity contribution in [1.82, 2.24) is 4.57 Å². The summed E-state index contributed by atoms with van der Waals surface area (Å²) in [7, 11) is 0. The van der Waals surface area contributed by atoms with Crippen LogP contribution in [-0.2, 0) is 0 Å². The number of anilines is 3. The topological polar surface area (TPSA) is 8.17 Å². The SMILES string of the molecule is CC1CC=Cc2ccc(-n3c4ccccc4c4ccc(N(c5ccc6c(c5)C5c7c(cccc7-6)C=C6C=CC=CC65)c5ccccc5-c5ccccc5)cc43)cc21. The van der Waals surface area contributed by atoms with E-state index in [1.54, 1.807) is 0 Å². The lowest BCUT2D eigenvalue weighted by Gasteiger charge is -2.32. The Labute approximate surface area is 333 Å². The summed E-state index contributed by atoms with van der Waals surface area (Å²) in [6, 6.07) is 56.8. The Morgan fingerprint density at radius 2 is 1.39 bits per heavy atom. The van der Waals surface area contributed by atoms with Crippen LogP contribution in [0.5, 0.6) is 0 Å². The molecule has 1 aromatic heterocycles. The highest BCUT2D eigenvalue weighted by Crippen LogP contribution is 2.56. The molecule has 0 N–H and O–H groups in total. The smallest absolute Gasteiger partial charge is 0.0561 e. The second-order valence-corrected chi connectivity index (χ2v) is 16.1. The van der Waals surface area contributed by atoms with E-state index < -0.39 is 0 Å². The first kappa shape index (κ1) is 32.4. The van der Waals surface area contributed by atoms with Gasteiger partial charge in [-0.2, -0.15) is 0 Å². The van der Waals surface area contributed by atoms with E-state index in [4.69, 9.17) is 0 Å². The van der Waals surface area contributed by atoms with Gasteiger partial charge in [0.05, 0.1) is 16.7 Å². The van der Waals surface area contributed by atoms with Gasteiger partial charge in [-0.3, -0.25) is 0 Å². The van der Waals surface area contributed by atoms with E-state index in [-0.39, 0.29) is 5.92 Å². The highest BCUT2D eigenvalue weighted by atomic mass is 15.1. The average Bonchev–Trinajstić information content (AvgIpc) is 3.78. The molecular formula is C55H40N2. The van der Waals surface area contributed by atoms with Crippen molar-refractivity contribution in [3.63, 3.8) is 0 Å². The minimum absolute atomic E-state index is 0.268. The Kier molecular flexibility index (Phi) is 7.13. The van der Waals surface area contributed by atoms with Crippen LogP contribution in [0, 0.1) is 5.92 Å². The molecule has 57 heavy (non-hydrogen) atoms. The van der Waals surface area contributed by atoms with E-state index in [0.29, 0.717) is 11.8 Å². The molecule has 4 aliphatic rings. The molecule has 0 radical (unpaired) electrons. The fourth-order valence-corrected chi connectivity index (χ4v) is 10.4. The molecule has 1 heterocycles. The van der Waals surface area contributed by atoms with E-state index >= 15 is 0 Å². The second-order valence-electron chi connectivity index (χ2n) is 16.1. The fourth-order valence-electron chi connectivity index (χ4n) is 10.4. The number of benzene rings is 7. The van der Waals surface area contributed by atoms with Crippen LogP contribution in [0.25, 0.3) is 61.9 Å². The van der Waals surface area contributed by atoms with Gasteiger partial charge >= 0.3 is 0 Å². The van der Waals surface area contributed by atoms with Gasteiger partial charge in [-0.25, -0.2) is 0 Å². The molecule has 0 spiro atoms. The summed E-state index contributed by atoms with van der Waals surface area (Å²) < 4.78 is 2.49. The predicted molar refractivity (Wildman–Crippen MR) is 240 cm³/mol. The van der Waals surface area contributed by atoms with Gasteiger partial charge in [0.25, 0.3) is 0 Å². The summed E-state index contributed by atoms with van der Waals surface area (Å²) in [5.74, 6) is 1.06. The van der Waals surface area contributed by atoms with Gasteiger partial charge in [0.2, 0.25) is 0 Å². The first-order valence-electron chi connectivity index (χ1n) is 20.3. The van der Waals surface area contributed by atoms with Crippen molar-refractivity contribution in [3.05, 3.63) is 215 Å². The van der Waals surface area contributed by atoms with E-state index in [9.17, 15) is 0 Å². The summed E-state index contributed by atoms with van der Waals surface area (Å²) in [6.07, 6.45) is 17.2. The molecule has 0 aliphatic heterocycles. The van der Waals surface area contributed by atoms with Gasteiger partial charge in [-0.05, 0) is 111 Å². The molecule has 2 heteroatoms. The predicted octanol–water partition coefficient (Wildman–Crippen LogP) is 14.7. The number of hydrogen-bond donors (Lipinski definition) is 0. The normalized spacial score (nSPS) is 18.3. The van der Waals surface area contributed by atoms with Crippen molar-refractivity contribution in [2.24, 2.45) is 5.92 Å². The van der Waals surface area contributed by atoms with Crippen molar-refractivity contribution >= 4 is 51.0 Å². The highest BCUT2D eigenvalue weighted by Gasteiger charge is 2.39. The molecular weight excluding hydrogens is 689 g/mol. The quantitative estimate of drug-likeness (QED) is 0.171. The summed E-state index contributed by atoms with van der Waals surface area (Å²) in [6.45, 7) is 2.35. The van der Waals surface area contributed by atoms with E-state index in [2.05, 4.69) is 211 Å². The summed E-state index contributed by atoms with van der Waals surface area (Å²) in [5, 5.41) is 2.52. The Bertz CT molecular complexity index is 3080. The van der Waals surface area contributed by atoms with Crippen LogP contribution in [0.15, 0.2) is 188 Å². The maximum Gasteiger partial charge on any atom is 0.0561 e. The van der Waals surface area contributed by atoms with Crippen molar-refractivity contribution in [2.75, 3.05) is 4.90 Å². The number of fused-ring (bicyclic) bond motifs is 9. The third kappa shape index (κ3) is 4.90. The first-order valence-corrected chi connectivity index (χ1v) is 20.3. The lowest BCUT2D eigenvalue weighted by Crippen LogP contribution is -2.18. The van der Waals surface area contributed by atoms with Gasteiger partial charge in [0.1, 0.15) is 0 Å². The van der Waals surface area contributed by atoms with Crippen molar-refractivity contribution in [2.45, 2.75) is 25.2 Å². The van der Waals surface area contributed by atoms with Gasteiger partial charge < -0.3 is 9.47 Å². The molecule has 270 valence electrons. The zero-order valence-corrected chi connectivity index (χ0v) is 31.8. The third-order valence-electron chi connectivity index (χ3n) is 12.9. The van der Waals surface area contributed by atoms with Crippen LogP contribution in [0.3, 0.4) is 0 Å². The largest absolute Gasteiger partial charge is 0.310 e. The molecule has 2 nitrogen and oxygen atoms in total. The molecule has 4 aliphatic carbocycles. The minimum Gasteiger partial charge on any atom is -0.310 e. The second kappa shape index (κ2) is 12.6.